The van der Waals surface area contributed by atoms with Gasteiger partial charge in [0.15, 0.2) is 0 Å². The minimum Gasteiger partial charge on any atom is -0.381 e. The van der Waals surface area contributed by atoms with E-state index in [2.05, 4.69) is 22.6 Å². The molecule has 0 radical (unpaired) electrons. The van der Waals surface area contributed by atoms with E-state index in [4.69, 9.17) is 4.74 Å². The normalized spacial score (nSPS) is 22.6. The molecule has 2 aliphatic heterocycles. The Bertz CT molecular complexity index is 454. The zero-order valence-electron chi connectivity index (χ0n) is 10.2. The van der Waals surface area contributed by atoms with E-state index in [0.717, 1.165) is 51.1 Å². The number of hydrogen-bond acceptors (Lipinski definition) is 3. The van der Waals surface area contributed by atoms with E-state index in [1.807, 2.05) is 16.3 Å². The van der Waals surface area contributed by atoms with Crippen LogP contribution >= 0.6 is 33.9 Å². The van der Waals surface area contributed by atoms with Gasteiger partial charge in [0, 0.05) is 31.7 Å². The van der Waals surface area contributed by atoms with Crippen LogP contribution in [0.5, 0.6) is 0 Å². The molecule has 3 heterocycles. The molecule has 0 unspecified atom stereocenters. The lowest BCUT2D eigenvalue weighted by molar-refractivity contribution is 0.0191. The fourth-order valence-electron chi connectivity index (χ4n) is 2.93. The molecule has 1 aromatic heterocycles. The predicted octanol–water partition coefficient (Wildman–Crippen LogP) is 3.00. The molecule has 0 aromatic carbocycles. The maximum atomic E-state index is 12.4. The number of likely N-dealkylation sites (tertiary alicyclic amines) is 1. The number of amides is 1. The van der Waals surface area contributed by atoms with Gasteiger partial charge in [-0.25, -0.2) is 0 Å². The Kier molecular flexibility index (Phi) is 3.64. The molecular weight excluding hydrogens is 361 g/mol. The molecule has 3 nitrogen and oxygen atoms in total. The van der Waals surface area contributed by atoms with Gasteiger partial charge in [-0.15, -0.1) is 11.3 Å². The lowest BCUT2D eigenvalue weighted by atomic mass is 9.80. The molecule has 18 heavy (non-hydrogen) atoms. The maximum absolute atomic E-state index is 12.4. The average Bonchev–Trinajstić information content (AvgIpc) is 2.97. The highest BCUT2D eigenvalue weighted by Gasteiger charge is 2.41. The molecular formula is C13H16INO2S. The second kappa shape index (κ2) is 5.09. The van der Waals surface area contributed by atoms with Gasteiger partial charge in [0.2, 0.25) is 0 Å². The number of carbonyl (C=O) groups is 1. The third-order valence-corrected chi connectivity index (χ3v) is 5.88. The summed E-state index contributed by atoms with van der Waals surface area (Å²) < 4.78 is 6.61. The first-order valence-corrected chi connectivity index (χ1v) is 8.25. The Hall–Kier alpha value is -0.140. The highest BCUT2D eigenvalue weighted by Crippen LogP contribution is 2.40. The monoisotopic (exact) mass is 377 g/mol. The SMILES string of the molecule is O=C(c1csc(I)c1)N1CCC2(CCOCC2)C1. The van der Waals surface area contributed by atoms with E-state index in [9.17, 15) is 4.79 Å². The molecule has 2 saturated heterocycles. The van der Waals surface area contributed by atoms with Crippen molar-refractivity contribution >= 4 is 39.8 Å². The van der Waals surface area contributed by atoms with Gasteiger partial charge in [-0.05, 0) is 53.3 Å². The van der Waals surface area contributed by atoms with Gasteiger partial charge in [0.1, 0.15) is 0 Å². The number of nitrogens with zero attached hydrogens (tertiary/aromatic N) is 1. The van der Waals surface area contributed by atoms with Crippen molar-refractivity contribution in [1.82, 2.24) is 4.90 Å². The molecule has 1 amide bonds. The van der Waals surface area contributed by atoms with Crippen molar-refractivity contribution in [2.75, 3.05) is 26.3 Å². The predicted molar refractivity (Wildman–Crippen MR) is 80.0 cm³/mol. The summed E-state index contributed by atoms with van der Waals surface area (Å²) in [5.74, 6) is 0.206. The van der Waals surface area contributed by atoms with Crippen molar-refractivity contribution < 1.29 is 9.53 Å². The number of halogens is 1. The first kappa shape index (κ1) is 12.9. The summed E-state index contributed by atoms with van der Waals surface area (Å²) in [6.07, 6.45) is 3.36. The average molecular weight is 377 g/mol. The van der Waals surface area contributed by atoms with Crippen LogP contribution < -0.4 is 0 Å². The van der Waals surface area contributed by atoms with Gasteiger partial charge in [-0.3, -0.25) is 4.79 Å². The van der Waals surface area contributed by atoms with Crippen LogP contribution in [0, 0.1) is 8.30 Å². The molecule has 2 aliphatic rings. The Morgan fingerprint density at radius 1 is 1.39 bits per heavy atom. The van der Waals surface area contributed by atoms with Crippen molar-refractivity contribution in [2.24, 2.45) is 5.41 Å². The van der Waals surface area contributed by atoms with E-state index in [0.29, 0.717) is 5.41 Å². The van der Waals surface area contributed by atoms with Crippen molar-refractivity contribution in [1.29, 1.82) is 0 Å². The molecule has 3 rings (SSSR count). The van der Waals surface area contributed by atoms with Gasteiger partial charge in [-0.1, -0.05) is 0 Å². The molecule has 1 spiro atoms. The van der Waals surface area contributed by atoms with E-state index in [1.54, 1.807) is 11.3 Å². The van der Waals surface area contributed by atoms with Crippen LogP contribution in [0.15, 0.2) is 11.4 Å². The van der Waals surface area contributed by atoms with Gasteiger partial charge in [-0.2, -0.15) is 0 Å². The lowest BCUT2D eigenvalue weighted by Gasteiger charge is -2.33. The minimum absolute atomic E-state index is 0.206. The summed E-state index contributed by atoms with van der Waals surface area (Å²) >= 11 is 3.90. The second-order valence-corrected chi connectivity index (χ2v) is 8.03. The molecule has 2 fully saturated rings. The van der Waals surface area contributed by atoms with E-state index in [-0.39, 0.29) is 5.91 Å². The Morgan fingerprint density at radius 2 is 2.17 bits per heavy atom. The first-order chi connectivity index (χ1) is 8.69. The zero-order chi connectivity index (χ0) is 12.6. The van der Waals surface area contributed by atoms with Crippen LogP contribution in [0.4, 0.5) is 0 Å². The van der Waals surface area contributed by atoms with Gasteiger partial charge < -0.3 is 9.64 Å². The topological polar surface area (TPSA) is 29.5 Å². The number of hydrogen-bond donors (Lipinski definition) is 0. The Balaban J connectivity index is 1.70. The van der Waals surface area contributed by atoms with Crippen molar-refractivity contribution in [3.05, 3.63) is 19.9 Å². The van der Waals surface area contributed by atoms with Crippen LogP contribution in [0.1, 0.15) is 29.6 Å². The van der Waals surface area contributed by atoms with Gasteiger partial charge in [0.05, 0.1) is 8.45 Å². The fraction of sp³-hybridized carbons (Fsp3) is 0.615. The molecule has 5 heteroatoms. The molecule has 0 N–H and O–H groups in total. The summed E-state index contributed by atoms with van der Waals surface area (Å²) in [5, 5.41) is 1.97. The Morgan fingerprint density at radius 3 is 2.83 bits per heavy atom. The standard InChI is InChI=1S/C13H16INO2S/c14-11-7-10(8-18-11)12(16)15-4-1-13(9-15)2-5-17-6-3-13/h7-8H,1-6,9H2. The number of thiophene rings is 1. The van der Waals surface area contributed by atoms with Crippen LogP contribution in [0.3, 0.4) is 0 Å². The van der Waals surface area contributed by atoms with Crippen molar-refractivity contribution in [2.45, 2.75) is 19.3 Å². The van der Waals surface area contributed by atoms with Crippen LogP contribution in [0.25, 0.3) is 0 Å². The highest BCUT2D eigenvalue weighted by atomic mass is 127. The van der Waals surface area contributed by atoms with E-state index < -0.39 is 0 Å². The van der Waals surface area contributed by atoms with Gasteiger partial charge in [0.25, 0.3) is 5.91 Å². The summed E-state index contributed by atoms with van der Waals surface area (Å²) in [6.45, 7) is 3.55. The molecule has 0 bridgehead atoms. The maximum Gasteiger partial charge on any atom is 0.254 e. The third-order valence-electron chi connectivity index (χ3n) is 4.09. The third kappa shape index (κ3) is 2.44. The summed E-state index contributed by atoms with van der Waals surface area (Å²) in [6, 6.07) is 1.99. The quantitative estimate of drug-likeness (QED) is 0.705. The van der Waals surface area contributed by atoms with E-state index in [1.165, 1.54) is 2.88 Å². The molecule has 98 valence electrons. The lowest BCUT2D eigenvalue weighted by Crippen LogP contribution is -2.35. The second-order valence-electron chi connectivity index (χ2n) is 5.23. The van der Waals surface area contributed by atoms with Crippen LogP contribution in [0.2, 0.25) is 0 Å². The molecule has 0 atom stereocenters. The summed E-state index contributed by atoms with van der Waals surface area (Å²) in [7, 11) is 0. The molecule has 0 aliphatic carbocycles. The largest absolute Gasteiger partial charge is 0.381 e. The highest BCUT2D eigenvalue weighted by molar-refractivity contribution is 14.1. The van der Waals surface area contributed by atoms with Crippen molar-refractivity contribution in [3.63, 3.8) is 0 Å². The smallest absolute Gasteiger partial charge is 0.254 e. The summed E-state index contributed by atoms with van der Waals surface area (Å²) in [4.78, 5) is 14.4. The minimum atomic E-state index is 0.206. The Labute approximate surface area is 125 Å². The number of carbonyl (C=O) groups excluding carboxylic acids is 1. The zero-order valence-corrected chi connectivity index (χ0v) is 13.1. The van der Waals surface area contributed by atoms with E-state index >= 15 is 0 Å². The molecule has 0 saturated carbocycles. The van der Waals surface area contributed by atoms with Crippen molar-refractivity contribution in [3.8, 4) is 0 Å². The van der Waals surface area contributed by atoms with Crippen LogP contribution in [-0.4, -0.2) is 37.1 Å². The fourth-order valence-corrected chi connectivity index (χ4v) is 4.25. The van der Waals surface area contributed by atoms with Gasteiger partial charge >= 0.3 is 0 Å². The van der Waals surface area contributed by atoms with Crippen LogP contribution in [-0.2, 0) is 4.74 Å². The first-order valence-electron chi connectivity index (χ1n) is 6.30. The number of rotatable bonds is 1. The molecule has 1 aromatic rings. The summed E-state index contributed by atoms with van der Waals surface area (Å²) in [5.41, 5.74) is 1.20. The number of ether oxygens (including phenoxy) is 1.